The first-order chi connectivity index (χ1) is 8.99. The van der Waals surface area contributed by atoms with Gasteiger partial charge in [-0.05, 0) is 32.4 Å². The van der Waals surface area contributed by atoms with Crippen LogP contribution in [0.1, 0.15) is 26.7 Å². The molecule has 0 spiro atoms. The fourth-order valence-corrected chi connectivity index (χ4v) is 2.00. The summed E-state index contributed by atoms with van der Waals surface area (Å²) in [5, 5.41) is 5.45. The van der Waals surface area contributed by atoms with Crippen LogP contribution in [0.15, 0.2) is 34.9 Å². The second-order valence-corrected chi connectivity index (χ2v) is 4.40. The second kappa shape index (κ2) is 6.42. The molecule has 0 bridgehead atoms. The molecule has 0 amide bonds. The molecule has 98 valence electrons. The maximum Gasteiger partial charge on any atom is 0.526 e. The summed E-state index contributed by atoms with van der Waals surface area (Å²) in [6, 6.07) is 0. The number of nitrogens with zero attached hydrogens (tertiary/aromatic N) is 3. The Morgan fingerprint density at radius 2 is 1.79 bits per heavy atom. The van der Waals surface area contributed by atoms with Crippen molar-refractivity contribution >= 4 is 5.84 Å². The molecule has 0 aliphatic carbocycles. The summed E-state index contributed by atoms with van der Waals surface area (Å²) in [6.07, 6.45) is 5.30. The van der Waals surface area contributed by atoms with Crippen LogP contribution in [0.4, 0.5) is 0 Å². The average molecular weight is 256 g/mol. The quantitative estimate of drug-likeness (QED) is 0.449. The Labute approximate surface area is 113 Å². The van der Waals surface area contributed by atoms with Crippen molar-refractivity contribution in [2.24, 2.45) is 5.73 Å². The third-order valence-corrected chi connectivity index (χ3v) is 2.90. The zero-order valence-corrected chi connectivity index (χ0v) is 11.3. The van der Waals surface area contributed by atoms with Crippen molar-refractivity contribution in [3.05, 3.63) is 57.8 Å². The van der Waals surface area contributed by atoms with Crippen molar-refractivity contribution in [3.8, 4) is 0 Å². The van der Waals surface area contributed by atoms with Crippen molar-refractivity contribution in [3.63, 3.8) is 0 Å². The van der Waals surface area contributed by atoms with Crippen LogP contribution in [0, 0.1) is 13.1 Å². The lowest BCUT2D eigenvalue weighted by Crippen LogP contribution is -2.45. The fourth-order valence-electron chi connectivity index (χ4n) is 2.00. The molecule has 1 aliphatic rings. The van der Waals surface area contributed by atoms with Gasteiger partial charge < -0.3 is 4.90 Å². The van der Waals surface area contributed by atoms with Crippen molar-refractivity contribution in [1.29, 1.82) is 0 Å². The molecule has 0 atom stereocenters. The van der Waals surface area contributed by atoms with Gasteiger partial charge in [-0.1, -0.05) is 0 Å². The van der Waals surface area contributed by atoms with E-state index in [1.54, 1.807) is 0 Å². The number of allylic oxidation sites excluding steroid dienone is 5. The lowest BCUT2D eigenvalue weighted by molar-refractivity contribution is -0.118. The lowest BCUT2D eigenvalue weighted by atomic mass is 10.1. The van der Waals surface area contributed by atoms with Crippen LogP contribution in [-0.2, 0) is 0 Å². The standard InChI is InChI=1S/C14H17N5/c1-10-8-12(14(17-3)18-4)9-11(2)19(10)7-5-6-13(15)16/h8-9H,5-7H2,1-2H3,(H3,15,16)/p+1. The Morgan fingerprint density at radius 1 is 1.26 bits per heavy atom. The summed E-state index contributed by atoms with van der Waals surface area (Å²) in [6.45, 7) is 18.7. The van der Waals surface area contributed by atoms with E-state index in [0.717, 1.165) is 24.4 Å². The molecule has 0 radical (unpaired) electrons. The predicted molar refractivity (Wildman–Crippen MR) is 74.8 cm³/mol. The van der Waals surface area contributed by atoms with Crippen LogP contribution in [0.5, 0.6) is 0 Å². The molecule has 5 nitrogen and oxygen atoms in total. The Hall–Kier alpha value is -2.53. The monoisotopic (exact) mass is 256 g/mol. The number of rotatable bonds is 4. The number of nitrogens with two attached hydrogens (primary N) is 2. The average Bonchev–Trinajstić information content (AvgIpc) is 2.34. The molecule has 0 aromatic carbocycles. The highest BCUT2D eigenvalue weighted by atomic mass is 15.1. The molecule has 0 aromatic rings. The Morgan fingerprint density at radius 3 is 2.21 bits per heavy atom. The molecule has 0 fully saturated rings. The van der Waals surface area contributed by atoms with Crippen molar-refractivity contribution in [2.75, 3.05) is 6.54 Å². The van der Waals surface area contributed by atoms with Gasteiger partial charge in [0.25, 0.3) is 0 Å². The van der Waals surface area contributed by atoms with E-state index in [0.29, 0.717) is 17.8 Å². The third-order valence-electron chi connectivity index (χ3n) is 2.90. The van der Waals surface area contributed by atoms with Gasteiger partial charge in [-0.25, -0.2) is 0 Å². The second-order valence-electron chi connectivity index (χ2n) is 4.40. The van der Waals surface area contributed by atoms with Crippen LogP contribution in [0.3, 0.4) is 0 Å². The highest BCUT2D eigenvalue weighted by molar-refractivity contribution is 5.73. The van der Waals surface area contributed by atoms with Crippen LogP contribution >= 0.6 is 0 Å². The minimum atomic E-state index is 0.109. The number of hydrogen-bond donors (Lipinski definition) is 2. The van der Waals surface area contributed by atoms with E-state index < -0.39 is 0 Å². The van der Waals surface area contributed by atoms with Crippen LogP contribution in [0.2, 0.25) is 0 Å². The number of hydrogen-bond acceptors (Lipinski definition) is 1. The molecule has 1 heterocycles. The van der Waals surface area contributed by atoms with E-state index in [4.69, 9.17) is 24.3 Å². The summed E-state index contributed by atoms with van der Waals surface area (Å²) in [5.41, 5.74) is 8.18. The van der Waals surface area contributed by atoms with Gasteiger partial charge in [0.05, 0.1) is 5.57 Å². The molecule has 0 aromatic heterocycles. The number of amidine groups is 1. The maximum atomic E-state index is 6.99. The Bertz CT molecular complexity index is 513. The zero-order chi connectivity index (χ0) is 14.4. The lowest BCUT2D eigenvalue weighted by Gasteiger charge is -2.29. The fraction of sp³-hybridized carbons (Fsp3) is 0.357. The van der Waals surface area contributed by atoms with E-state index in [-0.39, 0.29) is 5.82 Å². The van der Waals surface area contributed by atoms with Crippen molar-refractivity contribution in [1.82, 2.24) is 4.90 Å². The summed E-state index contributed by atoms with van der Waals surface area (Å²) in [7, 11) is 0. The smallest absolute Gasteiger partial charge is 0.349 e. The van der Waals surface area contributed by atoms with Crippen LogP contribution in [-0.4, -0.2) is 17.3 Å². The van der Waals surface area contributed by atoms with Gasteiger partial charge in [-0.3, -0.25) is 11.1 Å². The zero-order valence-electron chi connectivity index (χ0n) is 11.3. The molecule has 0 unspecified atom stereocenters. The maximum absolute atomic E-state index is 6.99. The van der Waals surface area contributed by atoms with Gasteiger partial charge in [0, 0.05) is 24.4 Å². The van der Waals surface area contributed by atoms with E-state index in [2.05, 4.69) is 14.6 Å². The summed E-state index contributed by atoms with van der Waals surface area (Å²) >= 11 is 0. The summed E-state index contributed by atoms with van der Waals surface area (Å²) in [5.74, 6) is 0.557. The predicted octanol–water partition coefficient (Wildman–Crippen LogP) is 1.06. The summed E-state index contributed by atoms with van der Waals surface area (Å²) < 4.78 is 0. The van der Waals surface area contributed by atoms with Gasteiger partial charge in [-0.15, -0.1) is 0 Å². The first kappa shape index (κ1) is 14.5. The largest absolute Gasteiger partial charge is 0.526 e. The first-order valence-corrected chi connectivity index (χ1v) is 5.99. The van der Waals surface area contributed by atoms with E-state index in [9.17, 15) is 0 Å². The molecule has 0 saturated carbocycles. The van der Waals surface area contributed by atoms with Crippen LogP contribution < -0.4 is 11.1 Å². The van der Waals surface area contributed by atoms with E-state index in [1.807, 2.05) is 26.0 Å². The van der Waals surface area contributed by atoms with Gasteiger partial charge in [0.15, 0.2) is 0 Å². The highest BCUT2D eigenvalue weighted by Gasteiger charge is 2.19. The van der Waals surface area contributed by atoms with Gasteiger partial charge >= 0.3 is 5.82 Å². The molecule has 1 aliphatic heterocycles. The molecule has 4 N–H and O–H groups in total. The van der Waals surface area contributed by atoms with Crippen molar-refractivity contribution < 1.29 is 5.41 Å². The molecule has 5 heteroatoms. The SMILES string of the molecule is [C-]#[N+]C([N+]#[C-])=C1C=C(C)N(CCCC(N)=[NH2+])C(C)=C1. The molecule has 1 rings (SSSR count). The van der Waals surface area contributed by atoms with Gasteiger partial charge in [-0.2, -0.15) is 9.69 Å². The summed E-state index contributed by atoms with van der Waals surface area (Å²) in [4.78, 5) is 8.62. The van der Waals surface area contributed by atoms with E-state index in [1.165, 1.54) is 0 Å². The highest BCUT2D eigenvalue weighted by Crippen LogP contribution is 2.25. The third kappa shape index (κ3) is 3.72. The molecule has 19 heavy (non-hydrogen) atoms. The Balaban J connectivity index is 2.88. The van der Waals surface area contributed by atoms with Crippen molar-refractivity contribution in [2.45, 2.75) is 26.7 Å². The minimum Gasteiger partial charge on any atom is -0.349 e. The van der Waals surface area contributed by atoms with E-state index >= 15 is 0 Å². The Kier molecular flexibility index (Phi) is 4.91. The van der Waals surface area contributed by atoms with Crippen LogP contribution in [0.25, 0.3) is 9.69 Å². The van der Waals surface area contributed by atoms with Gasteiger partial charge in [0.1, 0.15) is 13.1 Å². The molecule has 0 saturated heterocycles. The topological polar surface area (TPSA) is 63.6 Å². The first-order valence-electron chi connectivity index (χ1n) is 5.99. The molecular weight excluding hydrogens is 238 g/mol. The minimum absolute atomic E-state index is 0.109. The molecular formula is C14H18N5+. The van der Waals surface area contributed by atoms with Gasteiger partial charge in [0.2, 0.25) is 5.84 Å². The normalized spacial score (nSPS) is 14.1.